The second-order valence-corrected chi connectivity index (χ2v) is 9.39. The molecule has 174 valence electrons. The Hall–Kier alpha value is -3.23. The Bertz CT molecular complexity index is 1070. The fourth-order valence-corrected chi connectivity index (χ4v) is 5.23. The van der Waals surface area contributed by atoms with Crippen LogP contribution in [0.1, 0.15) is 38.2 Å². The third kappa shape index (κ3) is 4.12. The van der Waals surface area contributed by atoms with Gasteiger partial charge in [0.15, 0.2) is 0 Å². The summed E-state index contributed by atoms with van der Waals surface area (Å²) in [6, 6.07) is 4.56. The summed E-state index contributed by atoms with van der Waals surface area (Å²) in [7, 11) is 0. The van der Waals surface area contributed by atoms with Gasteiger partial charge in [-0.1, -0.05) is 6.08 Å². The number of amides is 4. The highest BCUT2D eigenvalue weighted by atomic mass is 19.1. The van der Waals surface area contributed by atoms with Gasteiger partial charge in [0.25, 0.3) is 5.91 Å². The molecule has 0 unspecified atom stereocenters. The number of hydrogen-bond acceptors (Lipinski definition) is 5. The fraction of sp³-hybridized carbons (Fsp3) is 0.500. The molecule has 1 aromatic carbocycles. The van der Waals surface area contributed by atoms with E-state index in [0.717, 1.165) is 29.7 Å². The van der Waals surface area contributed by atoms with Gasteiger partial charge in [-0.15, -0.1) is 0 Å². The van der Waals surface area contributed by atoms with Crippen molar-refractivity contribution in [1.82, 2.24) is 15.5 Å². The summed E-state index contributed by atoms with van der Waals surface area (Å²) in [5.41, 5.74) is 1.57. The molecule has 4 aliphatic rings. The predicted molar refractivity (Wildman–Crippen MR) is 122 cm³/mol. The Morgan fingerprint density at radius 1 is 1.24 bits per heavy atom. The van der Waals surface area contributed by atoms with E-state index in [9.17, 15) is 18.8 Å². The number of carbonyl (C=O) groups is 3. The smallest absolute Gasteiger partial charge is 0.322 e. The van der Waals surface area contributed by atoms with Crippen LogP contribution in [0.15, 0.2) is 29.3 Å². The lowest BCUT2D eigenvalue weighted by Crippen LogP contribution is -2.54. The lowest BCUT2D eigenvalue weighted by atomic mass is 9.87. The summed E-state index contributed by atoms with van der Waals surface area (Å²) in [6.45, 7) is 4.27. The maximum Gasteiger partial charge on any atom is 0.322 e. The summed E-state index contributed by atoms with van der Waals surface area (Å²) in [6.07, 6.45) is 6.02. The van der Waals surface area contributed by atoms with Gasteiger partial charge in [-0.05, 0) is 61.4 Å². The minimum atomic E-state index is -0.948. The van der Waals surface area contributed by atoms with Crippen LogP contribution in [0.25, 0.3) is 5.57 Å². The van der Waals surface area contributed by atoms with Crippen molar-refractivity contribution < 1.29 is 18.8 Å². The Balaban J connectivity index is 1.23. The molecule has 0 aromatic heterocycles. The number of rotatable bonds is 6. The van der Waals surface area contributed by atoms with Crippen LogP contribution in [0.3, 0.4) is 0 Å². The minimum Gasteiger partial charge on any atom is -0.365 e. The van der Waals surface area contributed by atoms with Gasteiger partial charge in [0.05, 0.1) is 6.54 Å². The zero-order valence-electron chi connectivity index (χ0n) is 18.6. The van der Waals surface area contributed by atoms with Gasteiger partial charge in [0.2, 0.25) is 5.91 Å². The topological polar surface area (TPSA) is 94.1 Å². The number of piperazine rings is 1. The van der Waals surface area contributed by atoms with Gasteiger partial charge >= 0.3 is 6.03 Å². The molecule has 3 fully saturated rings. The van der Waals surface area contributed by atoms with E-state index in [-0.39, 0.29) is 36.0 Å². The largest absolute Gasteiger partial charge is 0.365 e. The predicted octanol–water partition coefficient (Wildman–Crippen LogP) is 2.10. The van der Waals surface area contributed by atoms with Crippen molar-refractivity contribution in [3.8, 4) is 0 Å². The van der Waals surface area contributed by atoms with E-state index in [2.05, 4.69) is 20.5 Å². The zero-order valence-corrected chi connectivity index (χ0v) is 18.6. The van der Waals surface area contributed by atoms with Crippen LogP contribution >= 0.6 is 0 Å². The van der Waals surface area contributed by atoms with E-state index in [1.807, 2.05) is 24.0 Å². The van der Waals surface area contributed by atoms with Crippen molar-refractivity contribution in [3.05, 3.63) is 35.7 Å². The fourth-order valence-electron chi connectivity index (χ4n) is 5.23. The highest BCUT2D eigenvalue weighted by Crippen LogP contribution is 2.43. The molecule has 2 saturated heterocycles. The van der Waals surface area contributed by atoms with Crippen molar-refractivity contribution in [2.24, 2.45) is 10.9 Å². The standard InChI is InChI=1S/C24H28FN5O3/c1-15-14-29(21(31)4-6-24(18-2-3-18)22(32)27-23(33)28-24)8-9-30(15)20-11-17(10-19(25)12-20)16-5-7-26-13-16/h5,10-13,15,18H,2-4,6-9,14H2,1H3,(H2,27,28,32,33)/t15-,24-/m0/s1. The van der Waals surface area contributed by atoms with Gasteiger partial charge in [-0.3, -0.25) is 19.9 Å². The molecular formula is C24H28FN5O3. The molecule has 1 saturated carbocycles. The number of allylic oxidation sites excluding steroid dienone is 1. The van der Waals surface area contributed by atoms with Gasteiger partial charge in [-0.2, -0.15) is 0 Å². The monoisotopic (exact) mass is 453 g/mol. The maximum absolute atomic E-state index is 14.4. The molecule has 3 aliphatic heterocycles. The van der Waals surface area contributed by atoms with Crippen LogP contribution in [0.2, 0.25) is 0 Å². The Labute approximate surface area is 191 Å². The van der Waals surface area contributed by atoms with E-state index in [1.165, 1.54) is 12.1 Å². The number of nitrogens with one attached hydrogen (secondary N) is 2. The number of benzene rings is 1. The number of anilines is 1. The Morgan fingerprint density at radius 2 is 2.06 bits per heavy atom. The molecule has 2 N–H and O–H groups in total. The van der Waals surface area contributed by atoms with Crippen molar-refractivity contribution >= 4 is 35.3 Å². The third-order valence-electron chi connectivity index (χ3n) is 7.15. The molecule has 8 nitrogen and oxygen atoms in total. The summed E-state index contributed by atoms with van der Waals surface area (Å²) >= 11 is 0. The van der Waals surface area contributed by atoms with Crippen LogP contribution in [-0.2, 0) is 9.59 Å². The highest BCUT2D eigenvalue weighted by Gasteiger charge is 2.55. The van der Waals surface area contributed by atoms with Crippen molar-refractivity contribution in [1.29, 1.82) is 0 Å². The van der Waals surface area contributed by atoms with Crippen LogP contribution in [0.5, 0.6) is 0 Å². The lowest BCUT2D eigenvalue weighted by Gasteiger charge is -2.41. The maximum atomic E-state index is 14.4. The summed E-state index contributed by atoms with van der Waals surface area (Å²) in [5.74, 6) is -0.528. The molecule has 9 heteroatoms. The summed E-state index contributed by atoms with van der Waals surface area (Å²) < 4.78 is 14.4. The van der Waals surface area contributed by atoms with E-state index >= 15 is 0 Å². The van der Waals surface area contributed by atoms with Crippen LogP contribution in [0.4, 0.5) is 14.9 Å². The number of aliphatic imine (C=N–C) groups is 1. The molecule has 0 bridgehead atoms. The van der Waals surface area contributed by atoms with Gasteiger partial charge in [0.1, 0.15) is 11.4 Å². The van der Waals surface area contributed by atoms with Crippen LogP contribution < -0.4 is 15.5 Å². The number of urea groups is 1. The first kappa shape index (κ1) is 21.6. The second kappa shape index (κ2) is 8.28. The third-order valence-corrected chi connectivity index (χ3v) is 7.15. The zero-order chi connectivity index (χ0) is 23.2. The molecule has 5 rings (SSSR count). The first-order chi connectivity index (χ1) is 15.9. The van der Waals surface area contributed by atoms with Crippen LogP contribution in [0, 0.1) is 11.7 Å². The molecule has 1 aliphatic carbocycles. The van der Waals surface area contributed by atoms with Crippen molar-refractivity contribution in [2.45, 2.75) is 44.2 Å². The molecule has 33 heavy (non-hydrogen) atoms. The number of hydrogen-bond donors (Lipinski definition) is 2. The lowest BCUT2D eigenvalue weighted by molar-refractivity contribution is -0.133. The van der Waals surface area contributed by atoms with Gasteiger partial charge < -0.3 is 15.1 Å². The summed E-state index contributed by atoms with van der Waals surface area (Å²) in [5, 5.41) is 5.11. The molecule has 2 atom stereocenters. The van der Waals surface area contributed by atoms with Crippen LogP contribution in [-0.4, -0.2) is 66.7 Å². The SMILES string of the molecule is C[C@H]1CN(C(=O)CC[C@@]2(C3CC3)NC(=O)NC2=O)CCN1c1cc(F)cc(C2=CCN=C2)c1. The Kier molecular flexibility index (Phi) is 5.42. The number of carbonyl (C=O) groups excluding carboxylic acids is 3. The van der Waals surface area contributed by atoms with E-state index in [1.54, 1.807) is 6.21 Å². The molecule has 1 aromatic rings. The minimum absolute atomic E-state index is 0.00967. The van der Waals surface area contributed by atoms with Gasteiger partial charge in [0, 0.05) is 44.0 Å². The highest BCUT2D eigenvalue weighted by molar-refractivity contribution is 6.11. The quantitative estimate of drug-likeness (QED) is 0.645. The molecule has 0 spiro atoms. The van der Waals surface area contributed by atoms with E-state index < -0.39 is 11.6 Å². The number of halogens is 1. The van der Waals surface area contributed by atoms with Gasteiger partial charge in [-0.25, -0.2) is 9.18 Å². The molecule has 0 radical (unpaired) electrons. The molecule has 4 amide bonds. The molecule has 3 heterocycles. The first-order valence-electron chi connectivity index (χ1n) is 11.5. The normalized spacial score (nSPS) is 27.0. The average Bonchev–Trinajstić information content (AvgIpc) is 3.40. The summed E-state index contributed by atoms with van der Waals surface area (Å²) in [4.78, 5) is 45.2. The molecular weight excluding hydrogens is 425 g/mol. The second-order valence-electron chi connectivity index (χ2n) is 9.39. The Morgan fingerprint density at radius 3 is 2.70 bits per heavy atom. The van der Waals surface area contributed by atoms with Crippen molar-refractivity contribution in [2.75, 3.05) is 31.1 Å². The number of imide groups is 1. The first-order valence-corrected chi connectivity index (χ1v) is 11.5. The average molecular weight is 454 g/mol. The van der Waals surface area contributed by atoms with Crippen molar-refractivity contribution in [3.63, 3.8) is 0 Å². The van der Waals surface area contributed by atoms with E-state index in [4.69, 9.17) is 0 Å². The van der Waals surface area contributed by atoms with E-state index in [0.29, 0.717) is 32.6 Å². The number of nitrogens with zero attached hydrogens (tertiary/aromatic N) is 3.